The number of halogens is 1. The molecule has 114 valence electrons. The van der Waals surface area contributed by atoms with Gasteiger partial charge in [0.25, 0.3) is 0 Å². The van der Waals surface area contributed by atoms with Crippen LogP contribution in [0.4, 0.5) is 11.4 Å². The molecule has 1 aromatic rings. The second kappa shape index (κ2) is 5.85. The molecule has 1 heterocycles. The number of hydrogen-bond donors (Lipinski definition) is 2. The predicted molar refractivity (Wildman–Crippen MR) is 86.4 cm³/mol. The molecule has 1 atom stereocenters. The highest BCUT2D eigenvalue weighted by molar-refractivity contribution is 9.10. The van der Waals surface area contributed by atoms with Crippen molar-refractivity contribution in [1.29, 1.82) is 0 Å². The summed E-state index contributed by atoms with van der Waals surface area (Å²) in [7, 11) is 0. The average molecular weight is 354 g/mol. The standard InChI is InChI=1S/C15H20BrN3O2/c1-9-6-13(11(16)7-12(9)17)19-4-5-21-8-14(19)15(20)18-10-2-3-10/h6-7,10,14H,2-5,8,17H2,1H3,(H,18,20). The van der Waals surface area contributed by atoms with Crippen LogP contribution in [0.5, 0.6) is 0 Å². The summed E-state index contributed by atoms with van der Waals surface area (Å²) in [6.45, 7) is 3.73. The zero-order valence-corrected chi connectivity index (χ0v) is 13.6. The van der Waals surface area contributed by atoms with Crippen LogP contribution in [0, 0.1) is 6.92 Å². The van der Waals surface area contributed by atoms with Gasteiger partial charge in [-0.15, -0.1) is 0 Å². The number of nitrogen functional groups attached to an aromatic ring is 1. The molecule has 1 aliphatic carbocycles. The maximum absolute atomic E-state index is 12.4. The maximum Gasteiger partial charge on any atom is 0.245 e. The third kappa shape index (κ3) is 3.16. The van der Waals surface area contributed by atoms with Crippen molar-refractivity contribution in [2.24, 2.45) is 0 Å². The Morgan fingerprint density at radius 1 is 1.48 bits per heavy atom. The number of carbonyl (C=O) groups is 1. The molecule has 5 nitrogen and oxygen atoms in total. The first-order chi connectivity index (χ1) is 10.1. The van der Waals surface area contributed by atoms with Crippen molar-refractivity contribution in [3.8, 4) is 0 Å². The number of benzene rings is 1. The van der Waals surface area contributed by atoms with Crippen LogP contribution in [-0.4, -0.2) is 37.7 Å². The molecule has 1 unspecified atom stereocenters. The molecular weight excluding hydrogens is 334 g/mol. The maximum atomic E-state index is 12.4. The lowest BCUT2D eigenvalue weighted by Gasteiger charge is -2.37. The van der Waals surface area contributed by atoms with Crippen LogP contribution in [0.1, 0.15) is 18.4 Å². The largest absolute Gasteiger partial charge is 0.398 e. The van der Waals surface area contributed by atoms with E-state index < -0.39 is 0 Å². The van der Waals surface area contributed by atoms with Crippen LogP contribution < -0.4 is 16.0 Å². The van der Waals surface area contributed by atoms with E-state index in [9.17, 15) is 4.79 Å². The van der Waals surface area contributed by atoms with Crippen LogP contribution >= 0.6 is 15.9 Å². The van der Waals surface area contributed by atoms with E-state index in [1.807, 2.05) is 19.1 Å². The Morgan fingerprint density at radius 2 is 2.24 bits per heavy atom. The van der Waals surface area contributed by atoms with E-state index in [-0.39, 0.29) is 11.9 Å². The summed E-state index contributed by atoms with van der Waals surface area (Å²) in [5.41, 5.74) is 8.70. The van der Waals surface area contributed by atoms with Crippen molar-refractivity contribution in [2.45, 2.75) is 31.8 Å². The van der Waals surface area contributed by atoms with Gasteiger partial charge in [-0.05, 0) is 53.4 Å². The lowest BCUT2D eigenvalue weighted by Crippen LogP contribution is -2.54. The number of hydrogen-bond acceptors (Lipinski definition) is 4. The molecule has 6 heteroatoms. The van der Waals surface area contributed by atoms with Gasteiger partial charge in [0.05, 0.1) is 18.9 Å². The van der Waals surface area contributed by atoms with Crippen molar-refractivity contribution in [3.63, 3.8) is 0 Å². The molecular formula is C15H20BrN3O2. The molecule has 0 radical (unpaired) electrons. The van der Waals surface area contributed by atoms with E-state index in [0.717, 1.165) is 34.3 Å². The topological polar surface area (TPSA) is 67.6 Å². The van der Waals surface area contributed by atoms with Crippen LogP contribution in [0.25, 0.3) is 0 Å². The molecule has 0 bridgehead atoms. The van der Waals surface area contributed by atoms with Crippen molar-refractivity contribution >= 4 is 33.2 Å². The van der Waals surface area contributed by atoms with Gasteiger partial charge in [0.2, 0.25) is 5.91 Å². The average Bonchev–Trinajstić information content (AvgIpc) is 3.27. The van der Waals surface area contributed by atoms with Gasteiger partial charge >= 0.3 is 0 Å². The SMILES string of the molecule is Cc1cc(N2CCOCC2C(=O)NC2CC2)c(Br)cc1N. The first kappa shape index (κ1) is 14.7. The Labute approximate surface area is 132 Å². The third-order valence-corrected chi connectivity index (χ3v) is 4.63. The second-order valence-electron chi connectivity index (χ2n) is 5.73. The van der Waals surface area contributed by atoms with Crippen LogP contribution in [0.15, 0.2) is 16.6 Å². The number of morpholine rings is 1. The van der Waals surface area contributed by atoms with Crippen molar-refractivity contribution < 1.29 is 9.53 Å². The summed E-state index contributed by atoms with van der Waals surface area (Å²) in [6.07, 6.45) is 2.17. The molecule has 1 aromatic carbocycles. The molecule has 2 fully saturated rings. The summed E-state index contributed by atoms with van der Waals surface area (Å²) < 4.78 is 6.42. The number of nitrogens with one attached hydrogen (secondary N) is 1. The van der Waals surface area contributed by atoms with Crippen molar-refractivity contribution in [3.05, 3.63) is 22.2 Å². The minimum absolute atomic E-state index is 0.0542. The highest BCUT2D eigenvalue weighted by Crippen LogP contribution is 2.33. The fraction of sp³-hybridized carbons (Fsp3) is 0.533. The van der Waals surface area contributed by atoms with Gasteiger partial charge < -0.3 is 20.7 Å². The van der Waals surface area contributed by atoms with Crippen molar-refractivity contribution in [1.82, 2.24) is 5.32 Å². The number of carbonyl (C=O) groups excluding carboxylic acids is 1. The van der Waals surface area contributed by atoms with Gasteiger partial charge in [-0.3, -0.25) is 4.79 Å². The molecule has 1 saturated heterocycles. The number of ether oxygens (including phenoxy) is 1. The summed E-state index contributed by atoms with van der Waals surface area (Å²) in [5.74, 6) is 0.0542. The van der Waals surface area contributed by atoms with Gasteiger partial charge in [0.15, 0.2) is 0 Å². The van der Waals surface area contributed by atoms with E-state index in [2.05, 4.69) is 26.1 Å². The minimum Gasteiger partial charge on any atom is -0.398 e. The fourth-order valence-electron chi connectivity index (χ4n) is 2.54. The molecule has 0 spiro atoms. The van der Waals surface area contributed by atoms with Gasteiger partial charge in [-0.1, -0.05) is 0 Å². The molecule has 0 aromatic heterocycles. The van der Waals surface area contributed by atoms with E-state index in [0.29, 0.717) is 25.8 Å². The number of nitrogens with zero attached hydrogens (tertiary/aromatic N) is 1. The van der Waals surface area contributed by atoms with Gasteiger partial charge in [0.1, 0.15) is 6.04 Å². The smallest absolute Gasteiger partial charge is 0.245 e. The Hall–Kier alpha value is -1.27. The Balaban J connectivity index is 1.86. The Bertz CT molecular complexity index is 560. The Morgan fingerprint density at radius 3 is 2.95 bits per heavy atom. The summed E-state index contributed by atoms with van der Waals surface area (Å²) in [6, 6.07) is 4.01. The number of rotatable bonds is 3. The monoisotopic (exact) mass is 353 g/mol. The number of anilines is 2. The zero-order chi connectivity index (χ0) is 15.0. The first-order valence-corrected chi connectivity index (χ1v) is 8.06. The highest BCUT2D eigenvalue weighted by Gasteiger charge is 2.34. The Kier molecular flexibility index (Phi) is 4.08. The van der Waals surface area contributed by atoms with Gasteiger partial charge in [0, 0.05) is 22.7 Å². The first-order valence-electron chi connectivity index (χ1n) is 7.26. The third-order valence-electron chi connectivity index (χ3n) is 4.00. The zero-order valence-electron chi connectivity index (χ0n) is 12.1. The summed E-state index contributed by atoms with van der Waals surface area (Å²) in [4.78, 5) is 14.5. The molecule has 21 heavy (non-hydrogen) atoms. The quantitative estimate of drug-likeness (QED) is 0.813. The van der Waals surface area contributed by atoms with E-state index in [4.69, 9.17) is 10.5 Å². The predicted octanol–water partition coefficient (Wildman–Crippen LogP) is 1.82. The number of nitrogens with two attached hydrogens (primary N) is 1. The molecule has 1 saturated carbocycles. The van der Waals surface area contributed by atoms with Gasteiger partial charge in [-0.25, -0.2) is 0 Å². The van der Waals surface area contributed by atoms with Crippen LogP contribution in [-0.2, 0) is 9.53 Å². The second-order valence-corrected chi connectivity index (χ2v) is 6.58. The molecule has 3 N–H and O–H groups in total. The molecule has 2 aliphatic rings. The van der Waals surface area contributed by atoms with E-state index in [1.54, 1.807) is 0 Å². The molecule has 3 rings (SSSR count). The van der Waals surface area contributed by atoms with Gasteiger partial charge in [-0.2, -0.15) is 0 Å². The van der Waals surface area contributed by atoms with Crippen LogP contribution in [0.2, 0.25) is 0 Å². The highest BCUT2D eigenvalue weighted by atomic mass is 79.9. The number of amides is 1. The van der Waals surface area contributed by atoms with E-state index in [1.165, 1.54) is 0 Å². The lowest BCUT2D eigenvalue weighted by molar-refractivity contribution is -0.124. The molecule has 1 aliphatic heterocycles. The number of aryl methyl sites for hydroxylation is 1. The molecule has 1 amide bonds. The summed E-state index contributed by atoms with van der Waals surface area (Å²) >= 11 is 3.56. The van der Waals surface area contributed by atoms with E-state index >= 15 is 0 Å². The lowest BCUT2D eigenvalue weighted by atomic mass is 10.1. The normalized spacial score (nSPS) is 22.2. The van der Waals surface area contributed by atoms with Crippen LogP contribution in [0.3, 0.4) is 0 Å². The fourth-order valence-corrected chi connectivity index (χ4v) is 3.12. The summed E-state index contributed by atoms with van der Waals surface area (Å²) in [5, 5.41) is 3.07. The van der Waals surface area contributed by atoms with Crippen molar-refractivity contribution in [2.75, 3.05) is 30.4 Å². The minimum atomic E-state index is -0.279.